The van der Waals surface area contributed by atoms with E-state index < -0.39 is 5.97 Å². The van der Waals surface area contributed by atoms with Crippen molar-refractivity contribution in [2.24, 2.45) is 0 Å². The lowest BCUT2D eigenvalue weighted by Gasteiger charge is -2.10. The number of esters is 1. The van der Waals surface area contributed by atoms with Gasteiger partial charge in [0.1, 0.15) is 19.0 Å². The van der Waals surface area contributed by atoms with Crippen LogP contribution >= 0.6 is 0 Å². The van der Waals surface area contributed by atoms with Gasteiger partial charge in [-0.2, -0.15) is 0 Å². The van der Waals surface area contributed by atoms with E-state index >= 15 is 0 Å². The molecule has 0 atom stereocenters. The van der Waals surface area contributed by atoms with Crippen LogP contribution in [0.5, 0.6) is 5.75 Å². The van der Waals surface area contributed by atoms with Crippen LogP contribution in [0.1, 0.15) is 11.1 Å². The van der Waals surface area contributed by atoms with Gasteiger partial charge >= 0.3 is 5.97 Å². The Morgan fingerprint density at radius 2 is 1.90 bits per heavy atom. The van der Waals surface area contributed by atoms with Gasteiger partial charge in [-0.25, -0.2) is 4.79 Å². The summed E-state index contributed by atoms with van der Waals surface area (Å²) in [4.78, 5) is 11.0. The lowest BCUT2D eigenvalue weighted by Crippen LogP contribution is -2.10. The second-order valence-electron chi connectivity index (χ2n) is 4.84. The first-order valence-electron chi connectivity index (χ1n) is 6.92. The Morgan fingerprint density at radius 1 is 1.10 bits per heavy atom. The van der Waals surface area contributed by atoms with Crippen molar-refractivity contribution < 1.29 is 14.3 Å². The quantitative estimate of drug-likeness (QED) is 0.408. The molecule has 0 aromatic heterocycles. The molecule has 3 rings (SSSR count). The monoisotopic (exact) mass is 280 g/mol. The van der Waals surface area contributed by atoms with Gasteiger partial charge in [0.2, 0.25) is 0 Å². The SMILES string of the molecule is C=CC(=O)OCCOc1cccc2c1Cc1ccccc1-2. The first-order chi connectivity index (χ1) is 10.3. The van der Waals surface area contributed by atoms with E-state index in [4.69, 9.17) is 9.47 Å². The number of benzene rings is 2. The Bertz CT molecular complexity index is 689. The normalized spacial score (nSPS) is 11.4. The highest BCUT2D eigenvalue weighted by Crippen LogP contribution is 2.40. The Labute approximate surface area is 123 Å². The van der Waals surface area contributed by atoms with E-state index in [1.165, 1.54) is 22.3 Å². The second-order valence-corrected chi connectivity index (χ2v) is 4.84. The van der Waals surface area contributed by atoms with Crippen LogP contribution in [-0.2, 0) is 16.0 Å². The Hall–Kier alpha value is -2.55. The number of fused-ring (bicyclic) bond motifs is 3. The summed E-state index contributed by atoms with van der Waals surface area (Å²) >= 11 is 0. The molecule has 1 aliphatic rings. The maximum absolute atomic E-state index is 11.0. The zero-order valence-corrected chi connectivity index (χ0v) is 11.7. The van der Waals surface area contributed by atoms with Gasteiger partial charge in [-0.05, 0) is 22.8 Å². The van der Waals surface area contributed by atoms with Crippen molar-refractivity contribution in [3.8, 4) is 16.9 Å². The third-order valence-corrected chi connectivity index (χ3v) is 3.56. The maximum Gasteiger partial charge on any atom is 0.330 e. The van der Waals surface area contributed by atoms with Gasteiger partial charge in [0.15, 0.2) is 0 Å². The second kappa shape index (κ2) is 5.83. The lowest BCUT2D eigenvalue weighted by molar-refractivity contribution is -0.138. The third-order valence-electron chi connectivity index (χ3n) is 3.56. The summed E-state index contributed by atoms with van der Waals surface area (Å²) in [5.74, 6) is 0.433. The molecular formula is C18H16O3. The Kier molecular flexibility index (Phi) is 3.73. The van der Waals surface area contributed by atoms with Gasteiger partial charge in [-0.3, -0.25) is 0 Å². The van der Waals surface area contributed by atoms with Crippen molar-refractivity contribution in [2.45, 2.75) is 6.42 Å². The molecule has 0 saturated heterocycles. The van der Waals surface area contributed by atoms with Gasteiger partial charge in [0.25, 0.3) is 0 Å². The molecule has 3 nitrogen and oxygen atoms in total. The highest BCUT2D eigenvalue weighted by molar-refractivity contribution is 5.81. The van der Waals surface area contributed by atoms with Crippen LogP contribution in [0.15, 0.2) is 55.1 Å². The van der Waals surface area contributed by atoms with Crippen molar-refractivity contribution in [1.82, 2.24) is 0 Å². The summed E-state index contributed by atoms with van der Waals surface area (Å²) in [6.45, 7) is 3.92. The molecule has 1 aliphatic carbocycles. The van der Waals surface area contributed by atoms with Crippen molar-refractivity contribution in [2.75, 3.05) is 13.2 Å². The van der Waals surface area contributed by atoms with E-state index in [1.807, 2.05) is 12.1 Å². The fourth-order valence-electron chi connectivity index (χ4n) is 2.62. The Morgan fingerprint density at radius 3 is 2.76 bits per heavy atom. The van der Waals surface area contributed by atoms with E-state index in [1.54, 1.807) is 0 Å². The first-order valence-corrected chi connectivity index (χ1v) is 6.92. The number of carbonyl (C=O) groups excluding carboxylic acids is 1. The van der Waals surface area contributed by atoms with Crippen molar-refractivity contribution in [1.29, 1.82) is 0 Å². The van der Waals surface area contributed by atoms with Crippen LogP contribution in [0.2, 0.25) is 0 Å². The largest absolute Gasteiger partial charge is 0.490 e. The average Bonchev–Trinajstić information content (AvgIpc) is 2.90. The lowest BCUT2D eigenvalue weighted by atomic mass is 10.1. The Balaban J connectivity index is 1.72. The highest BCUT2D eigenvalue weighted by atomic mass is 16.6. The molecule has 0 spiro atoms. The molecule has 0 fully saturated rings. The van der Waals surface area contributed by atoms with Crippen LogP contribution in [-0.4, -0.2) is 19.2 Å². The maximum atomic E-state index is 11.0. The van der Waals surface area contributed by atoms with Crippen molar-refractivity contribution in [3.05, 3.63) is 66.2 Å². The number of rotatable bonds is 5. The highest BCUT2D eigenvalue weighted by Gasteiger charge is 2.20. The van der Waals surface area contributed by atoms with E-state index in [2.05, 4.69) is 36.9 Å². The van der Waals surface area contributed by atoms with Gasteiger partial charge < -0.3 is 9.47 Å². The minimum atomic E-state index is -0.427. The van der Waals surface area contributed by atoms with Crippen LogP contribution < -0.4 is 4.74 Å². The molecule has 0 heterocycles. The summed E-state index contributed by atoms with van der Waals surface area (Å²) in [5.41, 5.74) is 5.03. The predicted molar refractivity (Wildman–Crippen MR) is 81.3 cm³/mol. The van der Waals surface area contributed by atoms with Crippen molar-refractivity contribution >= 4 is 5.97 Å². The van der Waals surface area contributed by atoms with Gasteiger partial charge in [0, 0.05) is 18.1 Å². The summed E-state index contributed by atoms with van der Waals surface area (Å²) in [7, 11) is 0. The molecule has 0 aliphatic heterocycles. The van der Waals surface area contributed by atoms with Gasteiger partial charge in [0.05, 0.1) is 0 Å². The third kappa shape index (κ3) is 2.68. The zero-order valence-electron chi connectivity index (χ0n) is 11.7. The molecule has 0 amide bonds. The standard InChI is InChI=1S/C18H16O3/c1-2-18(19)21-11-10-20-17-9-5-8-15-14-7-4-3-6-13(14)12-16(15)17/h2-9H,1,10-12H2. The van der Waals surface area contributed by atoms with E-state index in [0.29, 0.717) is 6.61 Å². The minimum absolute atomic E-state index is 0.224. The van der Waals surface area contributed by atoms with Gasteiger partial charge in [-0.1, -0.05) is 43.0 Å². The number of hydrogen-bond acceptors (Lipinski definition) is 3. The smallest absolute Gasteiger partial charge is 0.330 e. The van der Waals surface area contributed by atoms with Crippen LogP contribution in [0.25, 0.3) is 11.1 Å². The number of ether oxygens (including phenoxy) is 2. The molecule has 0 radical (unpaired) electrons. The molecule has 21 heavy (non-hydrogen) atoms. The first kappa shape index (κ1) is 13.4. The molecule has 2 aromatic rings. The number of hydrogen-bond donors (Lipinski definition) is 0. The van der Waals surface area contributed by atoms with E-state index in [-0.39, 0.29) is 6.61 Å². The molecule has 0 saturated carbocycles. The molecule has 0 unspecified atom stereocenters. The summed E-state index contributed by atoms with van der Waals surface area (Å²) < 4.78 is 10.7. The number of carbonyl (C=O) groups is 1. The fourth-order valence-corrected chi connectivity index (χ4v) is 2.62. The summed E-state index contributed by atoms with van der Waals surface area (Å²) in [5, 5.41) is 0. The molecular weight excluding hydrogens is 264 g/mol. The van der Waals surface area contributed by atoms with Crippen molar-refractivity contribution in [3.63, 3.8) is 0 Å². The topological polar surface area (TPSA) is 35.5 Å². The van der Waals surface area contributed by atoms with Crippen LogP contribution in [0.3, 0.4) is 0 Å². The van der Waals surface area contributed by atoms with E-state index in [9.17, 15) is 4.79 Å². The fraction of sp³-hybridized carbons (Fsp3) is 0.167. The summed E-state index contributed by atoms with van der Waals surface area (Å²) in [6, 6.07) is 14.5. The average molecular weight is 280 g/mol. The molecule has 0 bridgehead atoms. The zero-order chi connectivity index (χ0) is 14.7. The van der Waals surface area contributed by atoms with Crippen LogP contribution in [0.4, 0.5) is 0 Å². The molecule has 0 N–H and O–H groups in total. The predicted octanol–water partition coefficient (Wildman–Crippen LogP) is 3.37. The summed E-state index contributed by atoms with van der Waals surface area (Å²) in [6.07, 6.45) is 2.03. The van der Waals surface area contributed by atoms with Crippen LogP contribution in [0, 0.1) is 0 Å². The molecule has 3 heteroatoms. The molecule has 106 valence electrons. The van der Waals surface area contributed by atoms with Gasteiger partial charge in [-0.15, -0.1) is 0 Å². The minimum Gasteiger partial charge on any atom is -0.490 e. The molecule has 2 aromatic carbocycles. The van der Waals surface area contributed by atoms with E-state index in [0.717, 1.165) is 18.2 Å².